The summed E-state index contributed by atoms with van der Waals surface area (Å²) in [5, 5.41) is 7.35. The molecule has 0 aromatic heterocycles. The molecule has 2 amide bonds. The maximum absolute atomic E-state index is 12.2. The highest BCUT2D eigenvalue weighted by Gasteiger charge is 2.11. The number of ether oxygens (including phenoxy) is 2. The van der Waals surface area contributed by atoms with Crippen molar-refractivity contribution in [3.8, 4) is 0 Å². The lowest BCUT2D eigenvalue weighted by Gasteiger charge is -2.09. The molecule has 3 aromatic rings. The minimum atomic E-state index is -0.555. The Kier molecular flexibility index (Phi) is 9.36. The van der Waals surface area contributed by atoms with Gasteiger partial charge in [0.15, 0.2) is 6.61 Å². The van der Waals surface area contributed by atoms with Crippen LogP contribution in [-0.2, 0) is 23.9 Å². The van der Waals surface area contributed by atoms with Crippen molar-refractivity contribution >= 4 is 45.9 Å². The van der Waals surface area contributed by atoms with Crippen molar-refractivity contribution in [1.82, 2.24) is 0 Å². The SMILES string of the molecule is CCCOC(=O)c1ccc(NC(=O)CCCC(=O)OCC(=O)Nc2cccc3ccccc23)cc1. The monoisotopic (exact) mass is 476 g/mol. The molecule has 0 radical (unpaired) electrons. The maximum atomic E-state index is 12.2. The number of carbonyl (C=O) groups excluding carboxylic acids is 4. The summed E-state index contributed by atoms with van der Waals surface area (Å²) in [7, 11) is 0. The fraction of sp³-hybridized carbons (Fsp3) is 0.259. The Morgan fingerprint density at radius 1 is 0.771 bits per heavy atom. The number of rotatable bonds is 11. The largest absolute Gasteiger partial charge is 0.462 e. The van der Waals surface area contributed by atoms with E-state index >= 15 is 0 Å². The molecular weight excluding hydrogens is 448 g/mol. The smallest absolute Gasteiger partial charge is 0.338 e. The van der Waals surface area contributed by atoms with Crippen molar-refractivity contribution < 1.29 is 28.7 Å². The topological polar surface area (TPSA) is 111 Å². The zero-order valence-electron chi connectivity index (χ0n) is 19.5. The molecule has 0 unspecified atom stereocenters. The lowest BCUT2D eigenvalue weighted by atomic mass is 10.1. The van der Waals surface area contributed by atoms with Crippen LogP contribution in [-0.4, -0.2) is 37.0 Å². The average molecular weight is 477 g/mol. The van der Waals surface area contributed by atoms with E-state index in [1.807, 2.05) is 43.3 Å². The fourth-order valence-electron chi connectivity index (χ4n) is 3.32. The van der Waals surface area contributed by atoms with Crippen molar-refractivity contribution in [2.75, 3.05) is 23.8 Å². The Morgan fingerprint density at radius 3 is 2.29 bits per heavy atom. The van der Waals surface area contributed by atoms with E-state index in [1.165, 1.54) is 0 Å². The van der Waals surface area contributed by atoms with Crippen LogP contribution in [0.2, 0.25) is 0 Å². The number of hydrogen-bond donors (Lipinski definition) is 2. The van der Waals surface area contributed by atoms with Gasteiger partial charge in [0.1, 0.15) is 0 Å². The van der Waals surface area contributed by atoms with Gasteiger partial charge in [0.25, 0.3) is 5.91 Å². The number of hydrogen-bond acceptors (Lipinski definition) is 6. The number of esters is 2. The lowest BCUT2D eigenvalue weighted by Crippen LogP contribution is -2.21. The fourth-order valence-corrected chi connectivity index (χ4v) is 3.32. The van der Waals surface area contributed by atoms with Gasteiger partial charge in [-0.25, -0.2) is 4.79 Å². The molecule has 3 aromatic carbocycles. The molecule has 0 heterocycles. The molecule has 0 spiro atoms. The van der Waals surface area contributed by atoms with Gasteiger partial charge >= 0.3 is 11.9 Å². The van der Waals surface area contributed by atoms with Crippen LogP contribution in [0.4, 0.5) is 11.4 Å². The van der Waals surface area contributed by atoms with E-state index in [0.717, 1.165) is 17.2 Å². The Balaban J connectivity index is 1.35. The number of amides is 2. The zero-order chi connectivity index (χ0) is 25.0. The predicted octanol–water partition coefficient (Wildman–Crippen LogP) is 4.70. The molecule has 3 rings (SSSR count). The summed E-state index contributed by atoms with van der Waals surface area (Å²) in [6.45, 7) is 1.87. The lowest BCUT2D eigenvalue weighted by molar-refractivity contribution is -0.147. The third kappa shape index (κ3) is 7.96. The number of anilines is 2. The molecule has 0 bridgehead atoms. The van der Waals surface area contributed by atoms with E-state index < -0.39 is 24.5 Å². The van der Waals surface area contributed by atoms with Gasteiger partial charge in [-0.05, 0) is 48.6 Å². The van der Waals surface area contributed by atoms with E-state index in [-0.39, 0.29) is 25.2 Å². The minimum Gasteiger partial charge on any atom is -0.462 e. The zero-order valence-corrected chi connectivity index (χ0v) is 19.5. The van der Waals surface area contributed by atoms with Crippen molar-refractivity contribution in [3.63, 3.8) is 0 Å². The first kappa shape index (κ1) is 25.4. The van der Waals surface area contributed by atoms with Crippen LogP contribution in [0.15, 0.2) is 66.7 Å². The van der Waals surface area contributed by atoms with Crippen LogP contribution in [0, 0.1) is 0 Å². The van der Waals surface area contributed by atoms with Crippen molar-refractivity contribution in [1.29, 1.82) is 0 Å². The summed E-state index contributed by atoms with van der Waals surface area (Å²) < 4.78 is 10.1. The quantitative estimate of drug-likeness (QED) is 0.388. The molecule has 0 aliphatic heterocycles. The Bertz CT molecular complexity index is 1180. The molecule has 2 N–H and O–H groups in total. The number of benzene rings is 3. The van der Waals surface area contributed by atoms with E-state index in [9.17, 15) is 19.2 Å². The molecule has 35 heavy (non-hydrogen) atoms. The van der Waals surface area contributed by atoms with Gasteiger partial charge in [0, 0.05) is 29.6 Å². The second kappa shape index (κ2) is 12.9. The van der Waals surface area contributed by atoms with Crippen LogP contribution < -0.4 is 10.6 Å². The van der Waals surface area contributed by atoms with Crippen LogP contribution in [0.1, 0.15) is 43.0 Å². The summed E-state index contributed by atoms with van der Waals surface area (Å²) in [6, 6.07) is 19.6. The van der Waals surface area contributed by atoms with Crippen LogP contribution >= 0.6 is 0 Å². The van der Waals surface area contributed by atoms with Crippen molar-refractivity contribution in [3.05, 3.63) is 72.3 Å². The summed E-state index contributed by atoms with van der Waals surface area (Å²) in [5.41, 5.74) is 1.59. The molecule has 0 atom stereocenters. The highest BCUT2D eigenvalue weighted by atomic mass is 16.5. The van der Waals surface area contributed by atoms with Gasteiger partial charge < -0.3 is 20.1 Å². The first-order valence-electron chi connectivity index (χ1n) is 11.5. The molecule has 0 saturated heterocycles. The van der Waals surface area contributed by atoms with Crippen LogP contribution in [0.3, 0.4) is 0 Å². The highest BCUT2D eigenvalue weighted by molar-refractivity contribution is 6.02. The van der Waals surface area contributed by atoms with E-state index in [4.69, 9.17) is 9.47 Å². The van der Waals surface area contributed by atoms with Gasteiger partial charge in [0.05, 0.1) is 12.2 Å². The Morgan fingerprint density at radius 2 is 1.51 bits per heavy atom. The molecule has 8 heteroatoms. The maximum Gasteiger partial charge on any atom is 0.338 e. The molecule has 0 aliphatic carbocycles. The summed E-state index contributed by atoms with van der Waals surface area (Å²) in [6.07, 6.45) is 1.14. The molecule has 8 nitrogen and oxygen atoms in total. The van der Waals surface area contributed by atoms with E-state index in [0.29, 0.717) is 23.5 Å². The Hall–Kier alpha value is -4.20. The van der Waals surface area contributed by atoms with Gasteiger partial charge in [-0.1, -0.05) is 43.3 Å². The third-order valence-electron chi connectivity index (χ3n) is 5.05. The van der Waals surface area contributed by atoms with Gasteiger partial charge in [-0.3, -0.25) is 14.4 Å². The second-order valence-corrected chi connectivity index (χ2v) is 7.85. The summed E-state index contributed by atoms with van der Waals surface area (Å²) in [4.78, 5) is 48.0. The number of fused-ring (bicyclic) bond motifs is 1. The number of carbonyl (C=O) groups is 4. The van der Waals surface area contributed by atoms with E-state index in [1.54, 1.807) is 30.3 Å². The van der Waals surface area contributed by atoms with Gasteiger partial charge in [-0.15, -0.1) is 0 Å². The molecule has 0 saturated carbocycles. The first-order chi connectivity index (χ1) is 17.0. The molecular formula is C27H28N2O6. The molecule has 0 fully saturated rings. The average Bonchev–Trinajstić information content (AvgIpc) is 2.86. The van der Waals surface area contributed by atoms with Crippen LogP contribution in [0.25, 0.3) is 10.8 Å². The van der Waals surface area contributed by atoms with Crippen LogP contribution in [0.5, 0.6) is 0 Å². The summed E-state index contributed by atoms with van der Waals surface area (Å²) in [5.74, 6) is -1.67. The number of nitrogens with one attached hydrogen (secondary N) is 2. The van der Waals surface area contributed by atoms with E-state index in [2.05, 4.69) is 10.6 Å². The summed E-state index contributed by atoms with van der Waals surface area (Å²) >= 11 is 0. The van der Waals surface area contributed by atoms with Gasteiger partial charge in [-0.2, -0.15) is 0 Å². The first-order valence-corrected chi connectivity index (χ1v) is 11.5. The Labute approximate surface area is 203 Å². The highest BCUT2D eigenvalue weighted by Crippen LogP contribution is 2.22. The second-order valence-electron chi connectivity index (χ2n) is 7.85. The molecule has 0 aliphatic rings. The predicted molar refractivity (Wildman–Crippen MR) is 133 cm³/mol. The van der Waals surface area contributed by atoms with Crippen molar-refractivity contribution in [2.24, 2.45) is 0 Å². The third-order valence-corrected chi connectivity index (χ3v) is 5.05. The van der Waals surface area contributed by atoms with Gasteiger partial charge in [0.2, 0.25) is 5.91 Å². The normalized spacial score (nSPS) is 10.4. The standard InChI is InChI=1S/C27H28N2O6/c1-2-17-34-27(33)20-13-15-21(16-14-20)28-24(30)11-6-12-26(32)35-18-25(31)29-23-10-5-8-19-7-3-4-9-22(19)23/h3-5,7-10,13-16H,2,6,11-12,17-18H2,1H3,(H,28,30)(H,29,31). The molecule has 182 valence electrons. The van der Waals surface area contributed by atoms with Crippen molar-refractivity contribution in [2.45, 2.75) is 32.6 Å². The minimum absolute atomic E-state index is 0.0111.